The second-order valence-electron chi connectivity index (χ2n) is 5.95. The number of aromatic nitrogens is 2. The first-order valence-electron chi connectivity index (χ1n) is 8.29. The Bertz CT molecular complexity index is 1100. The minimum atomic E-state index is -0.839. The topological polar surface area (TPSA) is 84.3 Å². The maximum absolute atomic E-state index is 13.2. The molecule has 0 atom stereocenters. The van der Waals surface area contributed by atoms with Crippen LogP contribution in [0, 0.1) is 5.82 Å². The molecule has 1 N–H and O–H groups in total. The first kappa shape index (κ1) is 17.3. The van der Waals surface area contributed by atoms with Crippen LogP contribution >= 0.6 is 0 Å². The molecule has 0 unspecified atom stereocenters. The van der Waals surface area contributed by atoms with Crippen LogP contribution in [0.4, 0.5) is 14.9 Å². The monoisotopic (exact) mass is 376 g/mol. The average molecular weight is 376 g/mol. The van der Waals surface area contributed by atoms with Gasteiger partial charge in [-0.15, -0.1) is 0 Å². The minimum absolute atomic E-state index is 0.203. The lowest BCUT2D eigenvalue weighted by molar-refractivity contribution is -0.122. The molecule has 1 aliphatic heterocycles. The third-order valence-electron chi connectivity index (χ3n) is 4.18. The van der Waals surface area contributed by atoms with Crippen LogP contribution in [-0.2, 0) is 9.59 Å². The lowest BCUT2D eigenvalue weighted by atomic mass is 10.1. The fraction of sp³-hybridized carbons (Fsp3) is 0. The van der Waals surface area contributed by atoms with E-state index in [0.717, 1.165) is 4.90 Å². The number of imide groups is 2. The molecule has 3 heterocycles. The summed E-state index contributed by atoms with van der Waals surface area (Å²) in [5.74, 6) is -1.92. The molecule has 1 saturated heterocycles. The summed E-state index contributed by atoms with van der Waals surface area (Å²) in [7, 11) is 0. The van der Waals surface area contributed by atoms with E-state index in [1.807, 2.05) is 0 Å². The second-order valence-corrected chi connectivity index (χ2v) is 5.95. The summed E-state index contributed by atoms with van der Waals surface area (Å²) < 4.78 is 14.9. The summed E-state index contributed by atoms with van der Waals surface area (Å²) in [4.78, 5) is 42.1. The Kier molecular flexibility index (Phi) is 4.29. The summed E-state index contributed by atoms with van der Waals surface area (Å²) in [6.07, 6.45) is 5.96. The van der Waals surface area contributed by atoms with Crippen LogP contribution in [-0.4, -0.2) is 27.4 Å². The maximum Gasteiger partial charge on any atom is 0.336 e. The summed E-state index contributed by atoms with van der Waals surface area (Å²) >= 11 is 0. The highest BCUT2D eigenvalue weighted by atomic mass is 19.1. The van der Waals surface area contributed by atoms with Crippen molar-refractivity contribution in [3.8, 4) is 5.69 Å². The Morgan fingerprint density at radius 3 is 2.46 bits per heavy atom. The maximum atomic E-state index is 13.2. The van der Waals surface area contributed by atoms with Crippen molar-refractivity contribution < 1.29 is 18.8 Å². The van der Waals surface area contributed by atoms with Gasteiger partial charge in [0.25, 0.3) is 11.8 Å². The number of nitrogens with zero attached hydrogens (tertiary/aromatic N) is 3. The van der Waals surface area contributed by atoms with Gasteiger partial charge in [0, 0.05) is 23.8 Å². The molecular weight excluding hydrogens is 363 g/mol. The van der Waals surface area contributed by atoms with Crippen molar-refractivity contribution in [1.29, 1.82) is 0 Å². The molecule has 1 aliphatic rings. The van der Waals surface area contributed by atoms with Gasteiger partial charge < -0.3 is 4.57 Å². The molecular formula is C20H13FN4O3. The summed E-state index contributed by atoms with van der Waals surface area (Å²) in [5, 5.41) is 2.16. The van der Waals surface area contributed by atoms with E-state index >= 15 is 0 Å². The minimum Gasteiger partial charge on any atom is -0.317 e. The number of urea groups is 1. The molecule has 4 rings (SSSR count). The summed E-state index contributed by atoms with van der Waals surface area (Å²) in [6, 6.07) is 11.5. The molecule has 8 heteroatoms. The van der Waals surface area contributed by atoms with Gasteiger partial charge >= 0.3 is 6.03 Å². The van der Waals surface area contributed by atoms with Gasteiger partial charge in [0.2, 0.25) is 0 Å². The number of hydrogen-bond acceptors (Lipinski definition) is 4. The zero-order valence-electron chi connectivity index (χ0n) is 14.4. The molecule has 0 bridgehead atoms. The van der Waals surface area contributed by atoms with Crippen molar-refractivity contribution in [3.05, 3.63) is 84.2 Å². The number of carbonyl (C=O) groups excluding carboxylic acids is 3. The van der Waals surface area contributed by atoms with Crippen molar-refractivity contribution >= 4 is 29.6 Å². The standard InChI is InChI=1S/C20H13FN4O3/c21-13-5-7-14(8-6-13)24-10-2-4-15(24)11-17-18(26)23-20(28)25(19(17)27)16-3-1-9-22-12-16/h1-12H,(H,23,26,28). The summed E-state index contributed by atoms with van der Waals surface area (Å²) in [5.41, 5.74) is 1.22. The van der Waals surface area contributed by atoms with Crippen LogP contribution in [0.3, 0.4) is 0 Å². The van der Waals surface area contributed by atoms with Gasteiger partial charge in [-0.25, -0.2) is 14.1 Å². The molecule has 0 spiro atoms. The molecule has 7 nitrogen and oxygen atoms in total. The number of rotatable bonds is 3. The van der Waals surface area contributed by atoms with Gasteiger partial charge in [-0.1, -0.05) is 0 Å². The van der Waals surface area contributed by atoms with Crippen LogP contribution in [0.5, 0.6) is 0 Å². The molecule has 3 aromatic rings. The van der Waals surface area contributed by atoms with Gasteiger partial charge in [-0.2, -0.15) is 0 Å². The molecule has 0 saturated carbocycles. The van der Waals surface area contributed by atoms with E-state index in [1.54, 1.807) is 47.2 Å². The zero-order chi connectivity index (χ0) is 19.7. The number of barbiturate groups is 1. The quantitative estimate of drug-likeness (QED) is 0.563. The van der Waals surface area contributed by atoms with Crippen molar-refractivity contribution in [3.63, 3.8) is 0 Å². The Hall–Kier alpha value is -4.07. The number of amides is 4. The lowest BCUT2D eigenvalue weighted by Crippen LogP contribution is -2.54. The van der Waals surface area contributed by atoms with Crippen molar-refractivity contribution in [2.45, 2.75) is 0 Å². The van der Waals surface area contributed by atoms with E-state index in [0.29, 0.717) is 11.4 Å². The Morgan fingerprint density at radius 2 is 1.75 bits per heavy atom. The first-order chi connectivity index (χ1) is 13.5. The van der Waals surface area contributed by atoms with Crippen LogP contribution < -0.4 is 10.2 Å². The third-order valence-corrected chi connectivity index (χ3v) is 4.18. The second kappa shape index (κ2) is 6.92. The van der Waals surface area contributed by atoms with Gasteiger partial charge in [-0.05, 0) is 54.6 Å². The number of anilines is 1. The number of hydrogen-bond donors (Lipinski definition) is 1. The molecule has 1 aromatic carbocycles. The van der Waals surface area contributed by atoms with Crippen molar-refractivity contribution in [2.24, 2.45) is 0 Å². The number of carbonyl (C=O) groups is 3. The van der Waals surface area contributed by atoms with Gasteiger partial charge in [-0.3, -0.25) is 19.9 Å². The molecule has 1 fully saturated rings. The van der Waals surface area contributed by atoms with E-state index in [4.69, 9.17) is 0 Å². The first-order valence-corrected chi connectivity index (χ1v) is 8.29. The highest BCUT2D eigenvalue weighted by Crippen LogP contribution is 2.22. The van der Waals surface area contributed by atoms with Gasteiger partial charge in [0.05, 0.1) is 11.9 Å². The normalized spacial score (nSPS) is 15.8. The predicted octanol–water partition coefficient (Wildman–Crippen LogP) is 2.68. The highest BCUT2D eigenvalue weighted by molar-refractivity contribution is 6.39. The van der Waals surface area contributed by atoms with Gasteiger partial charge in [0.1, 0.15) is 11.4 Å². The Labute approximate surface area is 158 Å². The fourth-order valence-electron chi connectivity index (χ4n) is 2.87. The van der Waals surface area contributed by atoms with Crippen LogP contribution in [0.15, 0.2) is 72.7 Å². The molecule has 138 valence electrons. The summed E-state index contributed by atoms with van der Waals surface area (Å²) in [6.45, 7) is 0. The smallest absolute Gasteiger partial charge is 0.317 e. The van der Waals surface area contributed by atoms with Gasteiger partial charge in [0.15, 0.2) is 0 Å². The number of benzene rings is 1. The Balaban J connectivity index is 1.74. The van der Waals surface area contributed by atoms with Crippen LogP contribution in [0.1, 0.15) is 5.69 Å². The van der Waals surface area contributed by atoms with E-state index in [2.05, 4.69) is 10.3 Å². The van der Waals surface area contributed by atoms with E-state index in [9.17, 15) is 18.8 Å². The molecule has 0 aliphatic carbocycles. The van der Waals surface area contributed by atoms with E-state index in [1.165, 1.54) is 30.6 Å². The van der Waals surface area contributed by atoms with Crippen molar-refractivity contribution in [2.75, 3.05) is 4.90 Å². The number of nitrogens with one attached hydrogen (secondary N) is 1. The number of pyridine rings is 1. The van der Waals surface area contributed by atoms with E-state index < -0.39 is 17.8 Å². The van der Waals surface area contributed by atoms with E-state index in [-0.39, 0.29) is 17.1 Å². The van der Waals surface area contributed by atoms with Crippen LogP contribution in [0.2, 0.25) is 0 Å². The van der Waals surface area contributed by atoms with Crippen molar-refractivity contribution in [1.82, 2.24) is 14.9 Å². The average Bonchev–Trinajstić information content (AvgIpc) is 3.15. The molecule has 28 heavy (non-hydrogen) atoms. The predicted molar refractivity (Wildman–Crippen MR) is 99.0 cm³/mol. The third kappa shape index (κ3) is 3.07. The highest BCUT2D eigenvalue weighted by Gasteiger charge is 2.37. The largest absolute Gasteiger partial charge is 0.336 e. The Morgan fingerprint density at radius 1 is 0.964 bits per heavy atom. The number of halogens is 1. The fourth-order valence-corrected chi connectivity index (χ4v) is 2.87. The molecule has 0 radical (unpaired) electrons. The van der Waals surface area contributed by atoms with Crippen LogP contribution in [0.25, 0.3) is 11.8 Å². The molecule has 4 amide bonds. The lowest BCUT2D eigenvalue weighted by Gasteiger charge is -2.26. The molecule has 2 aromatic heterocycles. The SMILES string of the molecule is O=C1NC(=O)N(c2cccnc2)C(=O)C1=Cc1cccn1-c1ccc(F)cc1. The zero-order valence-corrected chi connectivity index (χ0v) is 14.4.